The average molecular weight is 290 g/mol. The van der Waals surface area contributed by atoms with Crippen LogP contribution >= 0.6 is 0 Å². The molecule has 1 aliphatic rings. The lowest BCUT2D eigenvalue weighted by Gasteiger charge is -2.25. The molecule has 1 heterocycles. The maximum Gasteiger partial charge on any atom is 0.261 e. The predicted molar refractivity (Wildman–Crippen MR) is 76.3 cm³/mol. The average Bonchev–Trinajstić information content (AvgIpc) is 2.97. The molecule has 112 valence electrons. The van der Waals surface area contributed by atoms with Gasteiger partial charge in [-0.05, 0) is 43.7 Å². The molecule has 2 aromatic rings. The van der Waals surface area contributed by atoms with Crippen LogP contribution in [0.4, 0.5) is 4.39 Å². The van der Waals surface area contributed by atoms with Crippen LogP contribution in [0.1, 0.15) is 50.8 Å². The lowest BCUT2D eigenvalue weighted by atomic mass is 9.80. The number of aromatic hydroxyl groups is 1. The molecule has 5 heteroatoms. The standard InChI is InChI=1S/C16H19FN2O2/c1-2-10-3-5-11(6-4-10)15-18-16(21-19-15)13-8-7-12(17)9-14(13)20/h7-11,20H,2-6H2,1H3. The van der Waals surface area contributed by atoms with Crippen molar-refractivity contribution in [2.24, 2.45) is 5.92 Å². The van der Waals surface area contributed by atoms with E-state index in [1.54, 1.807) is 0 Å². The first kappa shape index (κ1) is 14.0. The quantitative estimate of drug-likeness (QED) is 0.917. The Morgan fingerprint density at radius 3 is 2.71 bits per heavy atom. The lowest BCUT2D eigenvalue weighted by Crippen LogP contribution is -2.13. The SMILES string of the molecule is CCC1CCC(c2noc(-c3ccc(F)cc3O)n2)CC1. The van der Waals surface area contributed by atoms with Gasteiger partial charge in [-0.15, -0.1) is 0 Å². The Morgan fingerprint density at radius 1 is 1.29 bits per heavy atom. The zero-order chi connectivity index (χ0) is 14.8. The van der Waals surface area contributed by atoms with E-state index in [0.717, 1.165) is 24.8 Å². The van der Waals surface area contributed by atoms with E-state index in [-0.39, 0.29) is 11.6 Å². The van der Waals surface area contributed by atoms with E-state index in [1.807, 2.05) is 0 Å². The third kappa shape index (κ3) is 2.91. The summed E-state index contributed by atoms with van der Waals surface area (Å²) in [6, 6.07) is 3.77. The van der Waals surface area contributed by atoms with Crippen molar-refractivity contribution in [1.29, 1.82) is 0 Å². The van der Waals surface area contributed by atoms with Crippen LogP contribution in [-0.4, -0.2) is 15.2 Å². The summed E-state index contributed by atoms with van der Waals surface area (Å²) in [6.07, 6.45) is 5.78. The zero-order valence-corrected chi connectivity index (χ0v) is 12.1. The smallest absolute Gasteiger partial charge is 0.261 e. The first-order valence-electron chi connectivity index (χ1n) is 7.50. The second-order valence-corrected chi connectivity index (χ2v) is 5.75. The van der Waals surface area contributed by atoms with E-state index in [1.165, 1.54) is 31.4 Å². The van der Waals surface area contributed by atoms with E-state index >= 15 is 0 Å². The van der Waals surface area contributed by atoms with Crippen molar-refractivity contribution < 1.29 is 14.0 Å². The molecule has 0 aliphatic heterocycles. The molecule has 4 nitrogen and oxygen atoms in total. The number of hydrogen-bond acceptors (Lipinski definition) is 4. The fourth-order valence-corrected chi connectivity index (χ4v) is 3.02. The molecule has 0 unspecified atom stereocenters. The highest BCUT2D eigenvalue weighted by Gasteiger charge is 2.25. The topological polar surface area (TPSA) is 59.2 Å². The summed E-state index contributed by atoms with van der Waals surface area (Å²) in [5.74, 6) is 1.42. The number of hydrogen-bond donors (Lipinski definition) is 1. The fraction of sp³-hybridized carbons (Fsp3) is 0.500. The molecule has 0 bridgehead atoms. The van der Waals surface area contributed by atoms with Crippen molar-refractivity contribution in [3.05, 3.63) is 29.8 Å². The normalized spacial score (nSPS) is 22.4. The Labute approximate surface area is 123 Å². The van der Waals surface area contributed by atoms with Crippen molar-refractivity contribution in [2.45, 2.75) is 44.9 Å². The number of rotatable bonds is 3. The van der Waals surface area contributed by atoms with Gasteiger partial charge in [-0.2, -0.15) is 4.98 Å². The van der Waals surface area contributed by atoms with Gasteiger partial charge >= 0.3 is 0 Å². The molecule has 1 aliphatic carbocycles. The Morgan fingerprint density at radius 2 is 2.05 bits per heavy atom. The third-order valence-electron chi connectivity index (χ3n) is 4.42. The van der Waals surface area contributed by atoms with Crippen molar-refractivity contribution in [3.63, 3.8) is 0 Å². The molecule has 0 amide bonds. The molecule has 1 fully saturated rings. The maximum absolute atomic E-state index is 13.0. The summed E-state index contributed by atoms with van der Waals surface area (Å²) in [6.45, 7) is 2.23. The molecule has 1 aromatic heterocycles. The monoisotopic (exact) mass is 290 g/mol. The van der Waals surface area contributed by atoms with Crippen LogP contribution in [0.3, 0.4) is 0 Å². The van der Waals surface area contributed by atoms with Gasteiger partial charge in [-0.1, -0.05) is 18.5 Å². The minimum Gasteiger partial charge on any atom is -0.507 e. The molecule has 0 atom stereocenters. The van der Waals surface area contributed by atoms with Crippen molar-refractivity contribution in [1.82, 2.24) is 10.1 Å². The van der Waals surface area contributed by atoms with Crippen LogP contribution < -0.4 is 0 Å². The highest BCUT2D eigenvalue weighted by Crippen LogP contribution is 2.37. The molecule has 1 aromatic carbocycles. The second-order valence-electron chi connectivity index (χ2n) is 5.75. The van der Waals surface area contributed by atoms with Gasteiger partial charge in [0.05, 0.1) is 5.56 Å². The summed E-state index contributed by atoms with van der Waals surface area (Å²) < 4.78 is 18.2. The summed E-state index contributed by atoms with van der Waals surface area (Å²) in [5, 5.41) is 13.8. The second kappa shape index (κ2) is 5.84. The Hall–Kier alpha value is -1.91. The predicted octanol–water partition coefficient (Wildman–Crippen LogP) is 4.27. The van der Waals surface area contributed by atoms with Crippen LogP contribution in [0, 0.1) is 11.7 Å². The molecular weight excluding hydrogens is 271 g/mol. The van der Waals surface area contributed by atoms with Crippen molar-refractivity contribution in [2.75, 3.05) is 0 Å². The molecular formula is C16H19FN2O2. The highest BCUT2D eigenvalue weighted by atomic mass is 19.1. The third-order valence-corrected chi connectivity index (χ3v) is 4.42. The van der Waals surface area contributed by atoms with Crippen LogP contribution in [0.5, 0.6) is 5.75 Å². The largest absolute Gasteiger partial charge is 0.507 e. The van der Waals surface area contributed by atoms with Gasteiger partial charge in [0.25, 0.3) is 5.89 Å². The molecule has 3 rings (SSSR count). The van der Waals surface area contributed by atoms with Crippen molar-refractivity contribution in [3.8, 4) is 17.2 Å². The van der Waals surface area contributed by atoms with Gasteiger partial charge in [-0.3, -0.25) is 0 Å². The van der Waals surface area contributed by atoms with Crippen LogP contribution in [-0.2, 0) is 0 Å². The van der Waals surface area contributed by atoms with E-state index in [4.69, 9.17) is 4.52 Å². The Bertz CT molecular complexity index is 618. The number of nitrogens with zero attached hydrogens (tertiary/aromatic N) is 2. The summed E-state index contributed by atoms with van der Waals surface area (Å²) in [7, 11) is 0. The Kier molecular flexibility index (Phi) is 3.90. The number of halogens is 1. The number of benzene rings is 1. The molecule has 0 spiro atoms. The lowest BCUT2D eigenvalue weighted by molar-refractivity contribution is 0.305. The van der Waals surface area contributed by atoms with Gasteiger partial charge < -0.3 is 9.63 Å². The molecule has 1 saturated carbocycles. The number of aromatic nitrogens is 2. The highest BCUT2D eigenvalue weighted by molar-refractivity contribution is 5.61. The molecule has 0 radical (unpaired) electrons. The van der Waals surface area contributed by atoms with E-state index in [9.17, 15) is 9.50 Å². The molecule has 0 saturated heterocycles. The minimum absolute atomic E-state index is 0.181. The minimum atomic E-state index is -0.492. The van der Waals surface area contributed by atoms with Crippen LogP contribution in [0.2, 0.25) is 0 Å². The van der Waals surface area contributed by atoms with Crippen molar-refractivity contribution >= 4 is 0 Å². The van der Waals surface area contributed by atoms with E-state index in [2.05, 4.69) is 17.1 Å². The van der Waals surface area contributed by atoms with Crippen LogP contribution in [0.25, 0.3) is 11.5 Å². The number of phenols is 1. The van der Waals surface area contributed by atoms with Gasteiger partial charge in [0.15, 0.2) is 5.82 Å². The number of phenolic OH excluding ortho intramolecular Hbond substituents is 1. The molecule has 21 heavy (non-hydrogen) atoms. The fourth-order valence-electron chi connectivity index (χ4n) is 3.02. The Balaban J connectivity index is 1.77. The van der Waals surface area contributed by atoms with Crippen LogP contribution in [0.15, 0.2) is 22.7 Å². The van der Waals surface area contributed by atoms with E-state index in [0.29, 0.717) is 17.3 Å². The summed E-state index contributed by atoms with van der Waals surface area (Å²) >= 11 is 0. The van der Waals surface area contributed by atoms with Gasteiger partial charge in [0.1, 0.15) is 11.6 Å². The molecule has 1 N–H and O–H groups in total. The van der Waals surface area contributed by atoms with Gasteiger partial charge in [0, 0.05) is 12.0 Å². The van der Waals surface area contributed by atoms with Gasteiger partial charge in [0.2, 0.25) is 0 Å². The van der Waals surface area contributed by atoms with Gasteiger partial charge in [-0.25, -0.2) is 4.39 Å². The summed E-state index contributed by atoms with van der Waals surface area (Å²) in [4.78, 5) is 4.39. The van der Waals surface area contributed by atoms with E-state index < -0.39 is 5.82 Å². The maximum atomic E-state index is 13.0. The zero-order valence-electron chi connectivity index (χ0n) is 12.1. The summed E-state index contributed by atoms with van der Waals surface area (Å²) in [5.41, 5.74) is 0.373. The first-order chi connectivity index (χ1) is 10.2. The first-order valence-corrected chi connectivity index (χ1v) is 7.50.